The largest absolute Gasteiger partial charge is 0.447 e. The number of nitrogens with two attached hydrogens (primary N) is 1. The molecule has 110 valence electrons. The van der Waals surface area contributed by atoms with E-state index in [2.05, 4.69) is 26.1 Å². The predicted molar refractivity (Wildman–Crippen MR) is 71.9 cm³/mol. The summed E-state index contributed by atoms with van der Waals surface area (Å²) in [5.41, 5.74) is 0.0621. The zero-order valence-electron chi connectivity index (χ0n) is 11.5. The molecule has 1 rings (SSSR count). The maximum atomic E-state index is 11.0. The fourth-order valence-corrected chi connectivity index (χ4v) is 2.23. The van der Waals surface area contributed by atoms with Crippen LogP contribution in [0.3, 0.4) is 0 Å². The number of nitrogens with one attached hydrogen (secondary N) is 1. The van der Waals surface area contributed by atoms with Gasteiger partial charge in [-0.05, 0) is 24.0 Å². The number of sulfonamides is 1. The minimum atomic E-state index is -3.79. The van der Waals surface area contributed by atoms with Gasteiger partial charge < -0.3 is 14.8 Å². The first-order chi connectivity index (χ1) is 8.58. The molecule has 19 heavy (non-hydrogen) atoms. The van der Waals surface area contributed by atoms with E-state index in [0.29, 0.717) is 25.3 Å². The van der Waals surface area contributed by atoms with Crippen LogP contribution in [0, 0.1) is 5.41 Å². The van der Waals surface area contributed by atoms with Crippen molar-refractivity contribution < 1.29 is 17.9 Å². The van der Waals surface area contributed by atoms with Crippen LogP contribution >= 0.6 is 0 Å². The maximum Gasteiger partial charge on any atom is 0.271 e. The van der Waals surface area contributed by atoms with Crippen LogP contribution in [0.2, 0.25) is 0 Å². The lowest BCUT2D eigenvalue weighted by Gasteiger charge is -2.22. The first kappa shape index (κ1) is 16.2. The molecule has 0 saturated heterocycles. The molecular formula is C12H22N2O4S. The Labute approximate surface area is 114 Å². The molecule has 0 aliphatic carbocycles. The van der Waals surface area contributed by atoms with Gasteiger partial charge >= 0.3 is 0 Å². The molecule has 0 saturated carbocycles. The number of aliphatic hydroxyl groups is 1. The van der Waals surface area contributed by atoms with E-state index in [0.717, 1.165) is 0 Å². The van der Waals surface area contributed by atoms with Crippen molar-refractivity contribution in [3.05, 3.63) is 17.9 Å². The summed E-state index contributed by atoms with van der Waals surface area (Å²) in [6.07, 6.45) is 0.230. The van der Waals surface area contributed by atoms with E-state index in [-0.39, 0.29) is 10.5 Å². The minimum Gasteiger partial charge on any atom is -0.447 e. The Hall–Kier alpha value is -0.890. The van der Waals surface area contributed by atoms with Crippen LogP contribution in [0.5, 0.6) is 0 Å². The van der Waals surface area contributed by atoms with E-state index in [4.69, 9.17) is 9.56 Å². The Bertz CT molecular complexity index is 502. The number of rotatable bonds is 6. The standard InChI is InChI=1S/C12H22N2O4S/c1-12(2,3)6-9(15)7-14-8-10-4-5-11(18-10)19(13,16)17/h4-5,9,14-15H,6-8H2,1-3H3,(H2,13,16,17). The number of hydrogen-bond acceptors (Lipinski definition) is 5. The van der Waals surface area contributed by atoms with Crippen LogP contribution in [-0.2, 0) is 16.6 Å². The molecule has 0 spiro atoms. The van der Waals surface area contributed by atoms with Crippen molar-refractivity contribution in [3.8, 4) is 0 Å². The summed E-state index contributed by atoms with van der Waals surface area (Å²) in [5, 5.41) is 17.5. The summed E-state index contributed by atoms with van der Waals surface area (Å²) in [4.78, 5) is 0. The molecule has 0 aromatic carbocycles. The van der Waals surface area contributed by atoms with E-state index < -0.39 is 16.1 Å². The number of aliphatic hydroxyl groups excluding tert-OH is 1. The van der Waals surface area contributed by atoms with Crippen molar-refractivity contribution in [1.29, 1.82) is 0 Å². The molecule has 1 unspecified atom stereocenters. The average molecular weight is 290 g/mol. The Kier molecular flexibility index (Phi) is 5.14. The van der Waals surface area contributed by atoms with Crippen molar-refractivity contribution in [2.45, 2.75) is 44.9 Å². The third-order valence-electron chi connectivity index (χ3n) is 2.44. The monoisotopic (exact) mass is 290 g/mol. The van der Waals surface area contributed by atoms with E-state index in [9.17, 15) is 13.5 Å². The zero-order chi connectivity index (χ0) is 14.7. The van der Waals surface area contributed by atoms with Crippen molar-refractivity contribution in [2.75, 3.05) is 6.54 Å². The van der Waals surface area contributed by atoms with Gasteiger partial charge in [0.05, 0.1) is 12.6 Å². The van der Waals surface area contributed by atoms with Crippen LogP contribution in [0.15, 0.2) is 21.6 Å². The molecule has 1 heterocycles. The summed E-state index contributed by atoms with van der Waals surface area (Å²) < 4.78 is 27.1. The molecule has 1 atom stereocenters. The highest BCUT2D eigenvalue weighted by atomic mass is 32.2. The highest BCUT2D eigenvalue weighted by molar-refractivity contribution is 7.89. The second-order valence-electron chi connectivity index (χ2n) is 5.82. The van der Waals surface area contributed by atoms with Crippen LogP contribution in [0.25, 0.3) is 0 Å². The first-order valence-electron chi connectivity index (χ1n) is 6.08. The second-order valence-corrected chi connectivity index (χ2v) is 7.31. The third kappa shape index (κ3) is 6.20. The molecule has 1 aromatic rings. The lowest BCUT2D eigenvalue weighted by Crippen LogP contribution is -2.29. The van der Waals surface area contributed by atoms with Gasteiger partial charge in [0.25, 0.3) is 10.0 Å². The highest BCUT2D eigenvalue weighted by Gasteiger charge is 2.17. The Morgan fingerprint density at radius 2 is 2.05 bits per heavy atom. The van der Waals surface area contributed by atoms with Gasteiger partial charge in [0.1, 0.15) is 5.76 Å². The molecule has 4 N–H and O–H groups in total. The van der Waals surface area contributed by atoms with Gasteiger partial charge in [0.2, 0.25) is 5.09 Å². The minimum absolute atomic E-state index is 0.0621. The summed E-state index contributed by atoms with van der Waals surface area (Å²) in [6.45, 7) is 6.93. The van der Waals surface area contributed by atoms with Gasteiger partial charge in [-0.2, -0.15) is 0 Å². The lowest BCUT2D eigenvalue weighted by molar-refractivity contribution is 0.119. The summed E-state index contributed by atoms with van der Waals surface area (Å²) in [7, 11) is -3.79. The molecule has 0 bridgehead atoms. The van der Waals surface area contributed by atoms with Crippen molar-refractivity contribution >= 4 is 10.0 Å². The average Bonchev–Trinajstić information content (AvgIpc) is 2.62. The molecule has 6 nitrogen and oxygen atoms in total. The molecule has 0 radical (unpaired) electrons. The maximum absolute atomic E-state index is 11.0. The van der Waals surface area contributed by atoms with Crippen LogP contribution < -0.4 is 10.5 Å². The van der Waals surface area contributed by atoms with Crippen molar-refractivity contribution in [1.82, 2.24) is 5.32 Å². The van der Waals surface area contributed by atoms with Crippen LogP contribution in [0.1, 0.15) is 33.0 Å². The highest BCUT2D eigenvalue weighted by Crippen LogP contribution is 2.20. The lowest BCUT2D eigenvalue weighted by atomic mass is 9.89. The zero-order valence-corrected chi connectivity index (χ0v) is 12.3. The van der Waals surface area contributed by atoms with Gasteiger partial charge in [-0.3, -0.25) is 0 Å². The molecule has 0 aliphatic rings. The Morgan fingerprint density at radius 1 is 1.42 bits per heavy atom. The summed E-state index contributed by atoms with van der Waals surface area (Å²) in [6, 6.07) is 2.86. The van der Waals surface area contributed by atoms with Gasteiger partial charge in [-0.25, -0.2) is 13.6 Å². The van der Waals surface area contributed by atoms with Crippen LogP contribution in [0.4, 0.5) is 0 Å². The van der Waals surface area contributed by atoms with Crippen molar-refractivity contribution in [2.24, 2.45) is 10.6 Å². The van der Waals surface area contributed by atoms with Crippen LogP contribution in [-0.4, -0.2) is 26.2 Å². The molecule has 0 aliphatic heterocycles. The topological polar surface area (TPSA) is 106 Å². The third-order valence-corrected chi connectivity index (χ3v) is 3.22. The summed E-state index contributed by atoms with van der Waals surface area (Å²) in [5.74, 6) is 0.465. The van der Waals surface area contributed by atoms with E-state index >= 15 is 0 Å². The van der Waals surface area contributed by atoms with Crippen molar-refractivity contribution in [3.63, 3.8) is 0 Å². The number of furan rings is 1. The molecular weight excluding hydrogens is 268 g/mol. The normalized spacial score (nSPS) is 14.6. The van der Waals surface area contributed by atoms with E-state index in [1.807, 2.05) is 0 Å². The summed E-state index contributed by atoms with van der Waals surface area (Å²) >= 11 is 0. The van der Waals surface area contributed by atoms with Gasteiger partial charge in [-0.1, -0.05) is 20.8 Å². The van der Waals surface area contributed by atoms with Gasteiger partial charge in [0, 0.05) is 6.54 Å². The Morgan fingerprint density at radius 3 is 2.53 bits per heavy atom. The van der Waals surface area contributed by atoms with E-state index in [1.54, 1.807) is 6.07 Å². The SMILES string of the molecule is CC(C)(C)CC(O)CNCc1ccc(S(N)(=O)=O)o1. The van der Waals surface area contributed by atoms with Gasteiger partial charge in [-0.15, -0.1) is 0 Å². The number of primary sulfonamides is 1. The van der Waals surface area contributed by atoms with Gasteiger partial charge in [0.15, 0.2) is 0 Å². The molecule has 0 amide bonds. The molecule has 0 fully saturated rings. The smallest absolute Gasteiger partial charge is 0.271 e. The number of hydrogen-bond donors (Lipinski definition) is 3. The molecule has 7 heteroatoms. The fraction of sp³-hybridized carbons (Fsp3) is 0.667. The fourth-order valence-electron chi connectivity index (χ4n) is 1.75. The second kappa shape index (κ2) is 6.04. The quantitative estimate of drug-likeness (QED) is 0.719. The molecule has 1 aromatic heterocycles. The predicted octanol–water partition coefficient (Wildman–Crippen LogP) is 0.814. The Balaban J connectivity index is 2.40. The first-order valence-corrected chi connectivity index (χ1v) is 7.63. The van der Waals surface area contributed by atoms with E-state index in [1.165, 1.54) is 6.07 Å².